The van der Waals surface area contributed by atoms with E-state index in [9.17, 15) is 0 Å². The van der Waals surface area contributed by atoms with Gasteiger partial charge in [0.15, 0.2) is 0 Å². The number of rotatable bonds is 2. The van der Waals surface area contributed by atoms with E-state index in [1.54, 1.807) is 0 Å². The van der Waals surface area contributed by atoms with Gasteiger partial charge in [0.05, 0.1) is 18.0 Å². The Balaban J connectivity index is 2.20. The van der Waals surface area contributed by atoms with Gasteiger partial charge in [-0.1, -0.05) is 22.0 Å². The summed E-state index contributed by atoms with van der Waals surface area (Å²) in [6.07, 6.45) is 5.64. The SMILES string of the molecule is OCC1=CC=CN(c2cccc(Br)c2)N1. The van der Waals surface area contributed by atoms with Gasteiger partial charge in [-0.3, -0.25) is 10.4 Å². The Morgan fingerprint density at radius 1 is 1.40 bits per heavy atom. The first-order valence-electron chi connectivity index (χ1n) is 4.59. The molecule has 0 saturated heterocycles. The smallest absolute Gasteiger partial charge is 0.0846 e. The van der Waals surface area contributed by atoms with Gasteiger partial charge >= 0.3 is 0 Å². The number of nitrogens with zero attached hydrogens (tertiary/aromatic N) is 1. The van der Waals surface area contributed by atoms with Crippen LogP contribution in [0.5, 0.6) is 0 Å². The minimum atomic E-state index is 0.00877. The van der Waals surface area contributed by atoms with Crippen molar-refractivity contribution in [1.29, 1.82) is 0 Å². The van der Waals surface area contributed by atoms with Crippen molar-refractivity contribution in [2.24, 2.45) is 0 Å². The Hall–Kier alpha value is -1.26. The summed E-state index contributed by atoms with van der Waals surface area (Å²) in [7, 11) is 0. The molecule has 2 rings (SSSR count). The molecule has 1 heterocycles. The lowest BCUT2D eigenvalue weighted by atomic mass is 10.3. The van der Waals surface area contributed by atoms with Gasteiger partial charge in [0, 0.05) is 10.7 Å². The predicted molar refractivity (Wildman–Crippen MR) is 64.1 cm³/mol. The highest BCUT2D eigenvalue weighted by Gasteiger charge is 2.07. The molecule has 0 unspecified atom stereocenters. The molecule has 0 atom stereocenters. The molecule has 1 aliphatic heterocycles. The molecule has 2 N–H and O–H groups in total. The highest BCUT2D eigenvalue weighted by molar-refractivity contribution is 9.10. The van der Waals surface area contributed by atoms with Crippen LogP contribution >= 0.6 is 15.9 Å². The lowest BCUT2D eigenvalue weighted by Gasteiger charge is -2.26. The van der Waals surface area contributed by atoms with Crippen molar-refractivity contribution < 1.29 is 5.11 Å². The summed E-state index contributed by atoms with van der Waals surface area (Å²) in [5.41, 5.74) is 4.87. The van der Waals surface area contributed by atoms with Gasteiger partial charge < -0.3 is 5.11 Å². The Morgan fingerprint density at radius 2 is 2.27 bits per heavy atom. The van der Waals surface area contributed by atoms with Crippen molar-refractivity contribution in [3.05, 3.63) is 52.8 Å². The third kappa shape index (κ3) is 2.40. The van der Waals surface area contributed by atoms with E-state index in [0.717, 1.165) is 15.9 Å². The van der Waals surface area contributed by atoms with E-state index in [1.165, 1.54) is 0 Å². The third-order valence-corrected chi connectivity index (χ3v) is 2.55. The molecule has 0 aromatic heterocycles. The van der Waals surface area contributed by atoms with Crippen molar-refractivity contribution in [3.8, 4) is 0 Å². The Labute approximate surface area is 96.8 Å². The highest BCUT2D eigenvalue weighted by Crippen LogP contribution is 2.20. The fourth-order valence-electron chi connectivity index (χ4n) is 1.34. The summed E-state index contributed by atoms with van der Waals surface area (Å²) in [6, 6.07) is 7.92. The van der Waals surface area contributed by atoms with E-state index >= 15 is 0 Å². The maximum Gasteiger partial charge on any atom is 0.0846 e. The van der Waals surface area contributed by atoms with Crippen LogP contribution in [-0.2, 0) is 0 Å². The molecule has 1 aromatic carbocycles. The predicted octanol–water partition coefficient (Wildman–Crippen LogP) is 2.16. The van der Waals surface area contributed by atoms with E-state index in [-0.39, 0.29) is 6.61 Å². The van der Waals surface area contributed by atoms with Crippen LogP contribution in [0.4, 0.5) is 5.69 Å². The lowest BCUT2D eigenvalue weighted by molar-refractivity contribution is 0.321. The quantitative estimate of drug-likeness (QED) is 0.862. The first-order chi connectivity index (χ1) is 7.29. The van der Waals surface area contributed by atoms with Crippen LogP contribution in [0.1, 0.15) is 0 Å². The molecule has 1 aliphatic rings. The molecule has 0 amide bonds. The third-order valence-electron chi connectivity index (χ3n) is 2.05. The monoisotopic (exact) mass is 266 g/mol. The fourth-order valence-corrected chi connectivity index (χ4v) is 1.73. The molecule has 4 heteroatoms. The number of benzene rings is 1. The molecule has 78 valence electrons. The van der Waals surface area contributed by atoms with Gasteiger partial charge in [0.2, 0.25) is 0 Å². The van der Waals surface area contributed by atoms with Crippen LogP contribution < -0.4 is 10.4 Å². The number of hydrazine groups is 1. The molecule has 0 spiro atoms. The number of hydrogen-bond acceptors (Lipinski definition) is 3. The molecule has 0 saturated carbocycles. The fraction of sp³-hybridized carbons (Fsp3) is 0.0909. The molecule has 0 radical (unpaired) electrons. The van der Waals surface area contributed by atoms with Crippen LogP contribution in [0.15, 0.2) is 52.8 Å². The highest BCUT2D eigenvalue weighted by atomic mass is 79.9. The molecule has 15 heavy (non-hydrogen) atoms. The topological polar surface area (TPSA) is 35.5 Å². The van der Waals surface area contributed by atoms with Gasteiger partial charge in [-0.2, -0.15) is 0 Å². The second kappa shape index (κ2) is 4.51. The Kier molecular flexibility index (Phi) is 3.08. The number of halogens is 1. The van der Waals surface area contributed by atoms with Gasteiger partial charge in [-0.15, -0.1) is 0 Å². The molecule has 3 nitrogen and oxygen atoms in total. The van der Waals surface area contributed by atoms with Crippen LogP contribution in [0.3, 0.4) is 0 Å². The van der Waals surface area contributed by atoms with Gasteiger partial charge in [0.25, 0.3) is 0 Å². The summed E-state index contributed by atoms with van der Waals surface area (Å²) < 4.78 is 1.02. The summed E-state index contributed by atoms with van der Waals surface area (Å²) in [4.78, 5) is 0. The molecule has 0 bridgehead atoms. The maximum absolute atomic E-state index is 9.01. The van der Waals surface area contributed by atoms with E-state index in [1.807, 2.05) is 47.6 Å². The zero-order valence-corrected chi connectivity index (χ0v) is 9.61. The van der Waals surface area contributed by atoms with Crippen molar-refractivity contribution in [2.75, 3.05) is 11.6 Å². The van der Waals surface area contributed by atoms with E-state index in [0.29, 0.717) is 0 Å². The van der Waals surface area contributed by atoms with E-state index < -0.39 is 0 Å². The summed E-state index contributed by atoms with van der Waals surface area (Å²) in [5, 5.41) is 10.9. The van der Waals surface area contributed by atoms with E-state index in [4.69, 9.17) is 5.11 Å². The van der Waals surface area contributed by atoms with Crippen molar-refractivity contribution in [2.45, 2.75) is 0 Å². The Morgan fingerprint density at radius 3 is 3.00 bits per heavy atom. The Bertz CT molecular complexity index is 415. The normalized spacial score (nSPS) is 14.8. The zero-order chi connectivity index (χ0) is 10.7. The first kappa shape index (κ1) is 10.3. The number of aliphatic hydroxyl groups is 1. The number of allylic oxidation sites excluding steroid dienone is 2. The number of nitrogens with one attached hydrogen (secondary N) is 1. The lowest BCUT2D eigenvalue weighted by Crippen LogP contribution is -2.35. The molecule has 0 fully saturated rings. The maximum atomic E-state index is 9.01. The van der Waals surface area contributed by atoms with Gasteiger partial charge in [0.1, 0.15) is 0 Å². The second-order valence-electron chi connectivity index (χ2n) is 3.15. The van der Waals surface area contributed by atoms with Crippen LogP contribution in [0.2, 0.25) is 0 Å². The standard InChI is InChI=1S/C11H11BrN2O/c12-9-3-1-5-11(7-9)14-6-2-4-10(8-15)13-14/h1-7,13,15H,8H2. The van der Waals surface area contributed by atoms with Crippen molar-refractivity contribution >= 4 is 21.6 Å². The second-order valence-corrected chi connectivity index (χ2v) is 4.07. The molecule has 0 aliphatic carbocycles. The summed E-state index contributed by atoms with van der Waals surface area (Å²) in [5.74, 6) is 0. The molecular formula is C11H11BrN2O. The number of hydrogen-bond donors (Lipinski definition) is 2. The zero-order valence-electron chi connectivity index (χ0n) is 8.02. The molecular weight excluding hydrogens is 256 g/mol. The van der Waals surface area contributed by atoms with Crippen LogP contribution in [0, 0.1) is 0 Å². The van der Waals surface area contributed by atoms with E-state index in [2.05, 4.69) is 21.4 Å². The first-order valence-corrected chi connectivity index (χ1v) is 5.38. The van der Waals surface area contributed by atoms with Crippen molar-refractivity contribution in [1.82, 2.24) is 5.43 Å². The largest absolute Gasteiger partial charge is 0.390 e. The molecule has 1 aromatic rings. The van der Waals surface area contributed by atoms with Gasteiger partial charge in [-0.25, -0.2) is 0 Å². The average molecular weight is 267 g/mol. The van der Waals surface area contributed by atoms with Crippen molar-refractivity contribution in [3.63, 3.8) is 0 Å². The summed E-state index contributed by atoms with van der Waals surface area (Å²) in [6.45, 7) is 0.00877. The van der Waals surface area contributed by atoms with Crippen LogP contribution in [-0.4, -0.2) is 11.7 Å². The minimum absolute atomic E-state index is 0.00877. The number of anilines is 1. The minimum Gasteiger partial charge on any atom is -0.390 e. The average Bonchev–Trinajstić information content (AvgIpc) is 2.29. The van der Waals surface area contributed by atoms with Gasteiger partial charge in [-0.05, 0) is 30.4 Å². The number of aliphatic hydroxyl groups excluding tert-OH is 1. The summed E-state index contributed by atoms with van der Waals surface area (Å²) >= 11 is 3.42. The van der Waals surface area contributed by atoms with Crippen LogP contribution in [0.25, 0.3) is 0 Å².